The van der Waals surface area contributed by atoms with Gasteiger partial charge in [0.05, 0.1) is 18.5 Å². The average Bonchev–Trinajstić information content (AvgIpc) is 2.45. The van der Waals surface area contributed by atoms with Crippen molar-refractivity contribution in [2.24, 2.45) is 0 Å². The van der Waals surface area contributed by atoms with Gasteiger partial charge in [0.25, 0.3) is 5.91 Å². The number of ether oxygens (including phenoxy) is 1. The van der Waals surface area contributed by atoms with E-state index in [2.05, 4.69) is 0 Å². The lowest BCUT2D eigenvalue weighted by atomic mass is 10.1. The molecule has 0 saturated heterocycles. The number of nitro benzene ring substituents is 1. The van der Waals surface area contributed by atoms with E-state index in [4.69, 9.17) is 9.84 Å². The van der Waals surface area contributed by atoms with Crippen molar-refractivity contribution in [3.8, 4) is 5.75 Å². The predicted octanol–water partition coefficient (Wildman–Crippen LogP) is 1.93. The number of carbonyl (C=O) groups excluding carboxylic acids is 1. The van der Waals surface area contributed by atoms with E-state index in [9.17, 15) is 19.7 Å². The Morgan fingerprint density at radius 3 is 2.50 bits per heavy atom. The number of carboxylic acids is 1. The van der Waals surface area contributed by atoms with Gasteiger partial charge in [-0.1, -0.05) is 0 Å². The molecule has 120 valence electrons. The number of nitro groups is 1. The molecule has 0 bridgehead atoms. The van der Waals surface area contributed by atoms with Crippen molar-refractivity contribution < 1.29 is 24.4 Å². The van der Waals surface area contributed by atoms with Gasteiger partial charge in [0.1, 0.15) is 0 Å². The van der Waals surface area contributed by atoms with E-state index in [-0.39, 0.29) is 36.0 Å². The van der Waals surface area contributed by atoms with E-state index in [1.807, 2.05) is 0 Å². The molecule has 0 saturated carbocycles. The third-order valence-corrected chi connectivity index (χ3v) is 3.07. The maximum Gasteiger partial charge on any atom is 0.310 e. The highest BCUT2D eigenvalue weighted by Crippen LogP contribution is 2.28. The molecule has 0 aliphatic rings. The summed E-state index contributed by atoms with van der Waals surface area (Å²) >= 11 is 0. The van der Waals surface area contributed by atoms with E-state index < -0.39 is 16.8 Å². The molecule has 1 N–H and O–H groups in total. The number of carboxylic acid groups (broad SMARTS) is 1. The molecule has 1 aromatic rings. The van der Waals surface area contributed by atoms with Gasteiger partial charge in [0.2, 0.25) is 0 Å². The normalized spacial score (nSPS) is 10.4. The monoisotopic (exact) mass is 310 g/mol. The van der Waals surface area contributed by atoms with E-state index in [0.29, 0.717) is 0 Å². The highest BCUT2D eigenvalue weighted by atomic mass is 16.6. The summed E-state index contributed by atoms with van der Waals surface area (Å²) in [6.45, 7) is 3.59. The minimum atomic E-state index is -1.00. The van der Waals surface area contributed by atoms with Crippen LogP contribution in [0, 0.1) is 10.1 Å². The quantitative estimate of drug-likeness (QED) is 0.608. The van der Waals surface area contributed by atoms with Crippen LogP contribution in [0.5, 0.6) is 5.75 Å². The summed E-state index contributed by atoms with van der Waals surface area (Å²) in [5.41, 5.74) is -0.0257. The Kier molecular flexibility index (Phi) is 5.85. The summed E-state index contributed by atoms with van der Waals surface area (Å²) in [5, 5.41) is 19.6. The van der Waals surface area contributed by atoms with Crippen LogP contribution >= 0.6 is 0 Å². The Balaban J connectivity index is 3.08. The van der Waals surface area contributed by atoms with Crippen molar-refractivity contribution in [2.45, 2.75) is 26.3 Å². The lowest BCUT2D eigenvalue weighted by Crippen LogP contribution is -2.38. The Morgan fingerprint density at radius 2 is 2.05 bits per heavy atom. The number of aliphatic carboxylic acids is 1. The number of methoxy groups -OCH3 is 1. The Hall–Kier alpha value is -2.64. The van der Waals surface area contributed by atoms with Gasteiger partial charge in [-0.3, -0.25) is 19.7 Å². The maximum absolute atomic E-state index is 12.5. The maximum atomic E-state index is 12.5. The molecule has 0 fully saturated rings. The van der Waals surface area contributed by atoms with E-state index >= 15 is 0 Å². The molecule has 0 aliphatic carbocycles. The second kappa shape index (κ2) is 7.39. The molecule has 0 atom stereocenters. The minimum absolute atomic E-state index is 0.0159. The summed E-state index contributed by atoms with van der Waals surface area (Å²) in [5.74, 6) is -1.41. The third kappa shape index (κ3) is 4.18. The second-order valence-electron chi connectivity index (χ2n) is 4.88. The van der Waals surface area contributed by atoms with Crippen LogP contribution < -0.4 is 4.74 Å². The first-order valence-electron chi connectivity index (χ1n) is 6.63. The second-order valence-corrected chi connectivity index (χ2v) is 4.88. The molecule has 0 heterocycles. The van der Waals surface area contributed by atoms with Crippen LogP contribution in [0.2, 0.25) is 0 Å². The van der Waals surface area contributed by atoms with Gasteiger partial charge < -0.3 is 14.7 Å². The van der Waals surface area contributed by atoms with Crippen molar-refractivity contribution in [3.05, 3.63) is 33.9 Å². The summed E-state index contributed by atoms with van der Waals surface area (Å²) < 4.78 is 4.93. The summed E-state index contributed by atoms with van der Waals surface area (Å²) in [4.78, 5) is 34.8. The number of nitrogens with zero attached hydrogens (tertiary/aromatic N) is 2. The van der Waals surface area contributed by atoms with Crippen molar-refractivity contribution in [3.63, 3.8) is 0 Å². The fraction of sp³-hybridized carbons (Fsp3) is 0.429. The fourth-order valence-corrected chi connectivity index (χ4v) is 1.94. The average molecular weight is 310 g/mol. The molecule has 8 heteroatoms. The highest BCUT2D eigenvalue weighted by Gasteiger charge is 2.23. The molecule has 0 radical (unpaired) electrons. The zero-order valence-corrected chi connectivity index (χ0v) is 12.6. The lowest BCUT2D eigenvalue weighted by Gasteiger charge is -2.26. The SMILES string of the molecule is COc1cc(C(=O)N(CCC(=O)O)C(C)C)ccc1[N+](=O)[O-]. The topological polar surface area (TPSA) is 110 Å². The number of hydrogen-bond donors (Lipinski definition) is 1. The van der Waals surface area contributed by atoms with Gasteiger partial charge in [-0.15, -0.1) is 0 Å². The Bertz CT molecular complexity index is 585. The van der Waals surface area contributed by atoms with Crippen LogP contribution in [-0.4, -0.2) is 46.5 Å². The van der Waals surface area contributed by atoms with Crippen LogP contribution in [0.25, 0.3) is 0 Å². The van der Waals surface area contributed by atoms with Crippen LogP contribution in [0.3, 0.4) is 0 Å². The highest BCUT2D eigenvalue weighted by molar-refractivity contribution is 5.95. The van der Waals surface area contributed by atoms with Gasteiger partial charge in [0.15, 0.2) is 5.75 Å². The lowest BCUT2D eigenvalue weighted by molar-refractivity contribution is -0.385. The van der Waals surface area contributed by atoms with Crippen molar-refractivity contribution >= 4 is 17.6 Å². The first kappa shape index (κ1) is 17.4. The summed E-state index contributed by atoms with van der Waals surface area (Å²) in [6, 6.07) is 3.62. The summed E-state index contributed by atoms with van der Waals surface area (Å²) in [6.07, 6.45) is -0.173. The van der Waals surface area contributed by atoms with Gasteiger partial charge in [-0.25, -0.2) is 0 Å². The molecule has 1 rings (SSSR count). The molecule has 0 aliphatic heterocycles. The van der Waals surface area contributed by atoms with Crippen molar-refractivity contribution in [1.29, 1.82) is 0 Å². The van der Waals surface area contributed by atoms with Crippen LogP contribution in [0.1, 0.15) is 30.6 Å². The first-order chi connectivity index (χ1) is 10.3. The molecule has 1 amide bonds. The van der Waals surface area contributed by atoms with Gasteiger partial charge in [-0.05, 0) is 19.9 Å². The number of hydrogen-bond acceptors (Lipinski definition) is 5. The fourth-order valence-electron chi connectivity index (χ4n) is 1.94. The van der Waals surface area contributed by atoms with Crippen molar-refractivity contribution in [2.75, 3.05) is 13.7 Å². The molecular weight excluding hydrogens is 292 g/mol. The standard InChI is InChI=1S/C14H18N2O6/c1-9(2)15(7-6-13(17)18)14(19)10-4-5-11(16(20)21)12(8-10)22-3/h4-5,8-9H,6-7H2,1-3H3,(H,17,18). The largest absolute Gasteiger partial charge is 0.490 e. The number of amides is 1. The van der Waals surface area contributed by atoms with E-state index in [0.717, 1.165) is 0 Å². The minimum Gasteiger partial charge on any atom is -0.490 e. The molecule has 0 spiro atoms. The smallest absolute Gasteiger partial charge is 0.310 e. The van der Waals surface area contributed by atoms with Gasteiger partial charge in [-0.2, -0.15) is 0 Å². The first-order valence-corrected chi connectivity index (χ1v) is 6.63. The van der Waals surface area contributed by atoms with Crippen LogP contribution in [-0.2, 0) is 4.79 Å². The van der Waals surface area contributed by atoms with E-state index in [1.165, 1.54) is 30.2 Å². The molecule has 0 unspecified atom stereocenters. The Morgan fingerprint density at radius 1 is 1.41 bits per heavy atom. The zero-order chi connectivity index (χ0) is 16.9. The van der Waals surface area contributed by atoms with Gasteiger partial charge in [0, 0.05) is 30.3 Å². The van der Waals surface area contributed by atoms with Crippen LogP contribution in [0.15, 0.2) is 18.2 Å². The molecule has 8 nitrogen and oxygen atoms in total. The number of carbonyl (C=O) groups is 2. The number of benzene rings is 1. The molecule has 1 aromatic carbocycles. The third-order valence-electron chi connectivity index (χ3n) is 3.07. The molecule has 22 heavy (non-hydrogen) atoms. The summed E-state index contributed by atoms with van der Waals surface area (Å²) in [7, 11) is 1.28. The molecule has 0 aromatic heterocycles. The van der Waals surface area contributed by atoms with Crippen molar-refractivity contribution in [1.82, 2.24) is 4.90 Å². The van der Waals surface area contributed by atoms with Crippen LogP contribution in [0.4, 0.5) is 5.69 Å². The number of rotatable bonds is 7. The Labute approximate surface area is 127 Å². The van der Waals surface area contributed by atoms with Gasteiger partial charge >= 0.3 is 11.7 Å². The van der Waals surface area contributed by atoms with E-state index in [1.54, 1.807) is 13.8 Å². The molecular formula is C14H18N2O6. The predicted molar refractivity (Wildman–Crippen MR) is 78.1 cm³/mol. The zero-order valence-electron chi connectivity index (χ0n) is 12.6.